The van der Waals surface area contributed by atoms with Gasteiger partial charge in [-0.1, -0.05) is 17.7 Å². The van der Waals surface area contributed by atoms with Crippen molar-refractivity contribution in [2.75, 3.05) is 13.1 Å². The van der Waals surface area contributed by atoms with Crippen LogP contribution < -0.4 is 5.56 Å². The van der Waals surface area contributed by atoms with E-state index in [4.69, 9.17) is 16.3 Å². The Hall–Kier alpha value is -2.60. The highest BCUT2D eigenvalue weighted by Gasteiger charge is 2.47. The number of hydrogen-bond acceptors (Lipinski definition) is 4. The molecule has 0 saturated carbocycles. The molecule has 4 heterocycles. The molecule has 0 aliphatic carbocycles. The SMILES string of the molecule is CC1(C(=O)N2CC3CC(C2)c2cccc(=O)n2C3)Cc2cc(Cl)ccc2C(=O)O1. The lowest BCUT2D eigenvalue weighted by molar-refractivity contribution is -0.154. The number of aromatic nitrogens is 1. The van der Waals surface area contributed by atoms with E-state index >= 15 is 0 Å². The van der Waals surface area contributed by atoms with Crippen LogP contribution in [0.3, 0.4) is 0 Å². The number of amides is 1. The van der Waals surface area contributed by atoms with Crippen LogP contribution in [-0.2, 0) is 22.5 Å². The van der Waals surface area contributed by atoms with Crippen molar-refractivity contribution in [1.29, 1.82) is 0 Å². The Kier molecular flexibility index (Phi) is 4.10. The number of carbonyl (C=O) groups excluding carboxylic acids is 2. The summed E-state index contributed by atoms with van der Waals surface area (Å²) in [5.74, 6) is -0.342. The second-order valence-corrected chi connectivity index (χ2v) is 8.94. The fourth-order valence-electron chi connectivity index (χ4n) is 5.08. The smallest absolute Gasteiger partial charge is 0.339 e. The monoisotopic (exact) mass is 412 g/mol. The predicted octanol–water partition coefficient (Wildman–Crippen LogP) is 2.62. The number of carbonyl (C=O) groups is 2. The largest absolute Gasteiger partial charge is 0.445 e. The maximum atomic E-state index is 13.5. The zero-order valence-corrected chi connectivity index (χ0v) is 16.8. The summed E-state index contributed by atoms with van der Waals surface area (Å²) in [4.78, 5) is 40.0. The molecule has 1 aromatic carbocycles. The van der Waals surface area contributed by atoms with E-state index in [1.165, 1.54) is 0 Å². The number of pyridine rings is 1. The molecule has 7 heteroatoms. The van der Waals surface area contributed by atoms with E-state index in [-0.39, 0.29) is 23.3 Å². The molecule has 0 N–H and O–H groups in total. The summed E-state index contributed by atoms with van der Waals surface area (Å²) >= 11 is 6.10. The Morgan fingerprint density at radius 3 is 2.83 bits per heavy atom. The second kappa shape index (κ2) is 6.46. The molecule has 3 atom stereocenters. The van der Waals surface area contributed by atoms with Crippen molar-refractivity contribution < 1.29 is 14.3 Å². The summed E-state index contributed by atoms with van der Waals surface area (Å²) < 4.78 is 7.47. The minimum Gasteiger partial charge on any atom is -0.445 e. The summed E-state index contributed by atoms with van der Waals surface area (Å²) in [7, 11) is 0. The van der Waals surface area contributed by atoms with Crippen molar-refractivity contribution in [3.8, 4) is 0 Å². The third-order valence-corrected chi connectivity index (χ3v) is 6.59. The number of piperidine rings is 1. The maximum Gasteiger partial charge on any atom is 0.339 e. The predicted molar refractivity (Wildman–Crippen MR) is 107 cm³/mol. The van der Waals surface area contributed by atoms with Gasteiger partial charge in [0.1, 0.15) is 0 Å². The Bertz CT molecular complexity index is 1090. The van der Waals surface area contributed by atoms with Gasteiger partial charge in [0.25, 0.3) is 11.5 Å². The number of ether oxygens (including phenoxy) is 1. The molecule has 150 valence electrons. The van der Waals surface area contributed by atoms with Crippen LogP contribution in [0.5, 0.6) is 0 Å². The van der Waals surface area contributed by atoms with Crippen LogP contribution in [-0.4, -0.2) is 40.0 Å². The summed E-state index contributed by atoms with van der Waals surface area (Å²) in [6, 6.07) is 10.4. The van der Waals surface area contributed by atoms with Crippen molar-refractivity contribution in [2.45, 2.75) is 37.8 Å². The van der Waals surface area contributed by atoms with E-state index in [0.29, 0.717) is 36.6 Å². The highest BCUT2D eigenvalue weighted by Crippen LogP contribution is 2.38. The normalized spacial score (nSPS) is 27.7. The Morgan fingerprint density at radius 2 is 2.00 bits per heavy atom. The molecule has 29 heavy (non-hydrogen) atoms. The molecule has 0 spiro atoms. The quantitative estimate of drug-likeness (QED) is 0.675. The fourth-order valence-corrected chi connectivity index (χ4v) is 5.28. The lowest BCUT2D eigenvalue weighted by Crippen LogP contribution is -2.57. The molecule has 6 nitrogen and oxygen atoms in total. The van der Waals surface area contributed by atoms with Gasteiger partial charge in [-0.05, 0) is 49.1 Å². The van der Waals surface area contributed by atoms with Crippen LogP contribution >= 0.6 is 11.6 Å². The molecule has 3 aliphatic rings. The van der Waals surface area contributed by atoms with E-state index < -0.39 is 11.6 Å². The topological polar surface area (TPSA) is 68.6 Å². The third-order valence-electron chi connectivity index (χ3n) is 6.35. The van der Waals surface area contributed by atoms with Gasteiger partial charge in [0.2, 0.25) is 0 Å². The van der Waals surface area contributed by atoms with Gasteiger partial charge in [-0.2, -0.15) is 0 Å². The Morgan fingerprint density at radius 1 is 1.17 bits per heavy atom. The molecule has 1 amide bonds. The minimum atomic E-state index is -1.25. The van der Waals surface area contributed by atoms with Gasteiger partial charge in [0, 0.05) is 48.8 Å². The molecular weight excluding hydrogens is 392 g/mol. The van der Waals surface area contributed by atoms with E-state index in [1.54, 1.807) is 37.3 Å². The van der Waals surface area contributed by atoms with Gasteiger partial charge < -0.3 is 14.2 Å². The molecule has 3 unspecified atom stereocenters. The van der Waals surface area contributed by atoms with Gasteiger partial charge >= 0.3 is 5.97 Å². The Labute approximate surface area is 173 Å². The molecule has 5 rings (SSSR count). The lowest BCUT2D eigenvalue weighted by atomic mass is 9.81. The first kappa shape index (κ1) is 18.4. The number of likely N-dealkylation sites (tertiary alicyclic amines) is 1. The summed E-state index contributed by atoms with van der Waals surface area (Å²) in [5, 5.41) is 0.530. The van der Waals surface area contributed by atoms with Crippen LogP contribution in [0.4, 0.5) is 0 Å². The average molecular weight is 413 g/mol. The second-order valence-electron chi connectivity index (χ2n) is 8.51. The number of rotatable bonds is 1. The molecule has 0 radical (unpaired) electrons. The molecule has 2 bridgehead atoms. The van der Waals surface area contributed by atoms with Crippen LogP contribution in [0, 0.1) is 5.92 Å². The van der Waals surface area contributed by atoms with Crippen molar-refractivity contribution in [2.24, 2.45) is 5.92 Å². The van der Waals surface area contributed by atoms with Crippen LogP contribution in [0.15, 0.2) is 41.2 Å². The Balaban J connectivity index is 1.43. The van der Waals surface area contributed by atoms with Crippen molar-refractivity contribution in [1.82, 2.24) is 9.47 Å². The highest BCUT2D eigenvalue weighted by molar-refractivity contribution is 6.30. The van der Waals surface area contributed by atoms with Crippen LogP contribution in [0.25, 0.3) is 0 Å². The standard InChI is InChI=1S/C22H21ClN2O4/c1-22(9-14-8-16(23)5-6-17(14)20(27)29-22)21(28)24-10-13-7-15(12-24)18-3-2-4-19(26)25(18)11-13/h2-6,8,13,15H,7,9-12H2,1H3. The first-order chi connectivity index (χ1) is 13.8. The number of fused-ring (bicyclic) bond motifs is 5. The van der Waals surface area contributed by atoms with Gasteiger partial charge in [-0.3, -0.25) is 9.59 Å². The van der Waals surface area contributed by atoms with Gasteiger partial charge in [-0.25, -0.2) is 4.79 Å². The molecule has 3 aliphatic heterocycles. The van der Waals surface area contributed by atoms with E-state index in [9.17, 15) is 14.4 Å². The van der Waals surface area contributed by atoms with Gasteiger partial charge in [0.15, 0.2) is 5.60 Å². The summed E-state index contributed by atoms with van der Waals surface area (Å²) in [5.41, 5.74) is 0.937. The van der Waals surface area contributed by atoms with Gasteiger partial charge in [-0.15, -0.1) is 0 Å². The van der Waals surface area contributed by atoms with Gasteiger partial charge in [0.05, 0.1) is 5.56 Å². The number of hydrogen-bond donors (Lipinski definition) is 0. The van der Waals surface area contributed by atoms with E-state index in [2.05, 4.69) is 0 Å². The molecule has 1 aromatic heterocycles. The maximum absolute atomic E-state index is 13.5. The first-order valence-electron chi connectivity index (χ1n) is 9.85. The lowest BCUT2D eigenvalue weighted by Gasteiger charge is -2.45. The van der Waals surface area contributed by atoms with Crippen LogP contribution in [0.2, 0.25) is 5.02 Å². The summed E-state index contributed by atoms with van der Waals surface area (Å²) in [6.45, 7) is 3.38. The van der Waals surface area contributed by atoms with Crippen molar-refractivity contribution in [3.63, 3.8) is 0 Å². The minimum absolute atomic E-state index is 0.0126. The number of benzene rings is 1. The van der Waals surface area contributed by atoms with E-state index in [1.807, 2.05) is 15.5 Å². The number of cyclic esters (lactones) is 1. The van der Waals surface area contributed by atoms with Crippen LogP contribution in [0.1, 0.15) is 40.9 Å². The zero-order valence-electron chi connectivity index (χ0n) is 16.1. The average Bonchev–Trinajstić information content (AvgIpc) is 2.67. The summed E-state index contributed by atoms with van der Waals surface area (Å²) in [6.07, 6.45) is 1.26. The first-order valence-corrected chi connectivity index (χ1v) is 10.2. The highest BCUT2D eigenvalue weighted by atomic mass is 35.5. The molecule has 1 saturated heterocycles. The third kappa shape index (κ3) is 2.97. The molecular formula is C22H21ClN2O4. The van der Waals surface area contributed by atoms with E-state index in [0.717, 1.165) is 17.7 Å². The number of nitrogens with zero attached hydrogens (tertiary/aromatic N) is 2. The molecule has 2 aromatic rings. The zero-order chi connectivity index (χ0) is 20.3. The van der Waals surface area contributed by atoms with Crippen molar-refractivity contribution in [3.05, 3.63) is 68.6 Å². The fraction of sp³-hybridized carbons (Fsp3) is 0.409. The molecule has 1 fully saturated rings. The number of esters is 1. The van der Waals surface area contributed by atoms with Crippen molar-refractivity contribution >= 4 is 23.5 Å². The number of halogens is 1.